The van der Waals surface area contributed by atoms with Crippen LogP contribution in [0.1, 0.15) is 18.1 Å². The highest BCUT2D eigenvalue weighted by Gasteiger charge is 2.05. The van der Waals surface area contributed by atoms with Gasteiger partial charge in [-0.1, -0.05) is 46.9 Å². The topological polar surface area (TPSA) is 36.4 Å². The Morgan fingerprint density at radius 2 is 1.78 bits per heavy atom. The molecule has 0 bridgehead atoms. The molecular weight excluding hydrogens is 373 g/mol. The summed E-state index contributed by atoms with van der Waals surface area (Å²) in [5.41, 5.74) is 6.14. The van der Waals surface area contributed by atoms with Gasteiger partial charge in [0.25, 0.3) is 0 Å². The first kappa shape index (κ1) is 18.0. The molecule has 7 heteroatoms. The molecule has 0 amide bonds. The number of halogens is 3. The van der Waals surface area contributed by atoms with Crippen LogP contribution in [0.3, 0.4) is 0 Å². The van der Waals surface area contributed by atoms with Crippen molar-refractivity contribution in [2.75, 3.05) is 5.32 Å². The van der Waals surface area contributed by atoms with Crippen molar-refractivity contribution in [2.24, 2.45) is 5.10 Å². The van der Waals surface area contributed by atoms with E-state index in [9.17, 15) is 0 Å². The van der Waals surface area contributed by atoms with E-state index in [1.807, 2.05) is 38.1 Å². The van der Waals surface area contributed by atoms with Crippen molar-refractivity contribution < 1.29 is 0 Å². The van der Waals surface area contributed by atoms with E-state index in [2.05, 4.69) is 15.8 Å². The SMILES string of the molecule is C/C(=N/NC(=S)Nc1cccc(Cl)c1C)c1ccc(Cl)c(Cl)c1. The molecule has 2 N–H and O–H groups in total. The molecule has 0 unspecified atom stereocenters. The van der Waals surface area contributed by atoms with Crippen LogP contribution >= 0.6 is 47.0 Å². The van der Waals surface area contributed by atoms with E-state index in [4.69, 9.17) is 47.0 Å². The Hall–Kier alpha value is -1.33. The quantitative estimate of drug-likeness (QED) is 0.405. The molecule has 0 aliphatic rings. The van der Waals surface area contributed by atoms with E-state index in [1.54, 1.807) is 12.1 Å². The van der Waals surface area contributed by atoms with Crippen LogP contribution < -0.4 is 10.7 Å². The van der Waals surface area contributed by atoms with Gasteiger partial charge in [0.2, 0.25) is 0 Å². The van der Waals surface area contributed by atoms with E-state index in [-0.39, 0.29) is 0 Å². The van der Waals surface area contributed by atoms with Crippen molar-refractivity contribution in [2.45, 2.75) is 13.8 Å². The summed E-state index contributed by atoms with van der Waals surface area (Å²) in [7, 11) is 0. The number of nitrogens with one attached hydrogen (secondary N) is 2. The van der Waals surface area contributed by atoms with Crippen molar-refractivity contribution in [3.63, 3.8) is 0 Å². The van der Waals surface area contributed by atoms with Gasteiger partial charge < -0.3 is 5.32 Å². The lowest BCUT2D eigenvalue weighted by Crippen LogP contribution is -2.25. The molecule has 2 aromatic rings. The molecule has 0 saturated carbocycles. The van der Waals surface area contributed by atoms with E-state index in [1.165, 1.54) is 0 Å². The van der Waals surface area contributed by atoms with Gasteiger partial charge in [0, 0.05) is 10.7 Å². The lowest BCUT2D eigenvalue weighted by atomic mass is 10.1. The normalized spacial score (nSPS) is 11.3. The smallest absolute Gasteiger partial charge is 0.191 e. The van der Waals surface area contributed by atoms with Crippen LogP contribution in [0.25, 0.3) is 0 Å². The van der Waals surface area contributed by atoms with Gasteiger partial charge >= 0.3 is 0 Å². The summed E-state index contributed by atoms with van der Waals surface area (Å²) < 4.78 is 0. The molecule has 0 fully saturated rings. The van der Waals surface area contributed by atoms with Crippen LogP contribution in [0, 0.1) is 6.92 Å². The molecule has 0 atom stereocenters. The summed E-state index contributed by atoms with van der Waals surface area (Å²) in [6, 6.07) is 10.9. The van der Waals surface area contributed by atoms with Gasteiger partial charge in [-0.3, -0.25) is 5.43 Å². The van der Waals surface area contributed by atoms with Gasteiger partial charge in [-0.15, -0.1) is 0 Å². The van der Waals surface area contributed by atoms with E-state index >= 15 is 0 Å². The van der Waals surface area contributed by atoms with Gasteiger partial charge in [-0.05, 0) is 61.5 Å². The molecule has 0 radical (unpaired) electrons. The van der Waals surface area contributed by atoms with Gasteiger partial charge in [0.15, 0.2) is 5.11 Å². The van der Waals surface area contributed by atoms with E-state index in [0.717, 1.165) is 22.5 Å². The minimum absolute atomic E-state index is 0.370. The monoisotopic (exact) mass is 385 g/mol. The van der Waals surface area contributed by atoms with Crippen molar-refractivity contribution in [1.82, 2.24) is 5.43 Å². The van der Waals surface area contributed by atoms with Crippen LogP contribution in [0.2, 0.25) is 15.1 Å². The first-order valence-electron chi connectivity index (χ1n) is 6.70. The Kier molecular flexibility index (Phi) is 6.25. The number of anilines is 1. The van der Waals surface area contributed by atoms with Crippen molar-refractivity contribution >= 4 is 63.5 Å². The molecule has 0 aromatic heterocycles. The number of hydrazone groups is 1. The summed E-state index contributed by atoms with van der Waals surface area (Å²) in [5.74, 6) is 0. The Morgan fingerprint density at radius 1 is 1.04 bits per heavy atom. The molecule has 120 valence electrons. The third-order valence-corrected chi connectivity index (χ3v) is 4.52. The lowest BCUT2D eigenvalue weighted by molar-refractivity contribution is 1.04. The fourth-order valence-electron chi connectivity index (χ4n) is 1.81. The van der Waals surface area contributed by atoms with Gasteiger partial charge in [0.1, 0.15) is 0 Å². The summed E-state index contributed by atoms with van der Waals surface area (Å²) in [6.45, 7) is 3.76. The highest BCUT2D eigenvalue weighted by Crippen LogP contribution is 2.23. The Morgan fingerprint density at radius 3 is 2.48 bits per heavy atom. The number of hydrogen-bond acceptors (Lipinski definition) is 2. The average molecular weight is 387 g/mol. The molecule has 0 aliphatic heterocycles. The molecule has 2 aromatic carbocycles. The maximum absolute atomic E-state index is 6.08. The minimum Gasteiger partial charge on any atom is -0.331 e. The minimum atomic E-state index is 0.370. The molecule has 0 saturated heterocycles. The van der Waals surface area contributed by atoms with Crippen LogP contribution in [0.15, 0.2) is 41.5 Å². The predicted octanol–water partition coefficient (Wildman–Crippen LogP) is 5.67. The number of hydrogen-bond donors (Lipinski definition) is 2. The van der Waals surface area contributed by atoms with Crippen molar-refractivity contribution in [3.8, 4) is 0 Å². The van der Waals surface area contributed by atoms with Crippen LogP contribution in [-0.2, 0) is 0 Å². The Bertz CT molecular complexity index is 775. The van der Waals surface area contributed by atoms with Crippen LogP contribution in [-0.4, -0.2) is 10.8 Å². The van der Waals surface area contributed by atoms with Crippen molar-refractivity contribution in [3.05, 3.63) is 62.6 Å². The Labute approximate surface area is 155 Å². The fraction of sp³-hybridized carbons (Fsp3) is 0.125. The number of benzene rings is 2. The van der Waals surface area contributed by atoms with Crippen LogP contribution in [0.5, 0.6) is 0 Å². The molecule has 23 heavy (non-hydrogen) atoms. The molecular formula is C16H14Cl3N3S. The molecule has 0 heterocycles. The molecule has 0 aliphatic carbocycles. The second kappa shape index (κ2) is 7.97. The highest BCUT2D eigenvalue weighted by atomic mass is 35.5. The first-order valence-corrected chi connectivity index (χ1v) is 8.24. The summed E-state index contributed by atoms with van der Waals surface area (Å²) in [6.07, 6.45) is 0. The molecule has 2 rings (SSSR count). The zero-order valence-electron chi connectivity index (χ0n) is 12.5. The maximum Gasteiger partial charge on any atom is 0.191 e. The lowest BCUT2D eigenvalue weighted by Gasteiger charge is -2.11. The third kappa shape index (κ3) is 4.82. The predicted molar refractivity (Wildman–Crippen MR) is 104 cm³/mol. The number of rotatable bonds is 3. The highest BCUT2D eigenvalue weighted by molar-refractivity contribution is 7.80. The Balaban J connectivity index is 2.05. The zero-order chi connectivity index (χ0) is 17.0. The number of nitrogens with zero attached hydrogens (tertiary/aromatic N) is 1. The summed E-state index contributed by atoms with van der Waals surface area (Å²) in [5, 5.41) is 9.33. The molecule has 3 nitrogen and oxygen atoms in total. The largest absolute Gasteiger partial charge is 0.331 e. The first-order chi connectivity index (χ1) is 10.9. The molecule has 0 spiro atoms. The fourth-order valence-corrected chi connectivity index (χ4v) is 2.44. The maximum atomic E-state index is 6.08. The van der Waals surface area contributed by atoms with Gasteiger partial charge in [-0.25, -0.2) is 0 Å². The number of thiocarbonyl (C=S) groups is 1. The average Bonchev–Trinajstić information content (AvgIpc) is 2.52. The second-order valence-corrected chi connectivity index (χ2v) is 6.43. The summed E-state index contributed by atoms with van der Waals surface area (Å²) in [4.78, 5) is 0. The van der Waals surface area contributed by atoms with Crippen molar-refractivity contribution in [1.29, 1.82) is 0 Å². The van der Waals surface area contributed by atoms with Gasteiger partial charge in [-0.2, -0.15) is 5.10 Å². The zero-order valence-corrected chi connectivity index (χ0v) is 15.5. The second-order valence-electron chi connectivity index (χ2n) is 4.80. The standard InChI is InChI=1S/C16H14Cl3N3S/c1-9-12(17)4-3-5-15(9)20-16(23)22-21-10(2)11-6-7-13(18)14(19)8-11/h3-8H,1-2H3,(H2,20,22,23)/b21-10-. The summed E-state index contributed by atoms with van der Waals surface area (Å²) >= 11 is 23.2. The van der Waals surface area contributed by atoms with E-state index in [0.29, 0.717) is 20.2 Å². The van der Waals surface area contributed by atoms with E-state index < -0.39 is 0 Å². The van der Waals surface area contributed by atoms with Gasteiger partial charge in [0.05, 0.1) is 15.8 Å². The van der Waals surface area contributed by atoms with Crippen LogP contribution in [0.4, 0.5) is 5.69 Å². The third-order valence-electron chi connectivity index (χ3n) is 3.18.